The van der Waals surface area contributed by atoms with Gasteiger partial charge in [0.15, 0.2) is 0 Å². The molecule has 0 spiro atoms. The van der Waals surface area contributed by atoms with Crippen LogP contribution in [0.3, 0.4) is 0 Å². The standard InChI is InChI=1S/C7H8O2Si.C3H9N/c8-5-6-1-3-7(9-10)4-2-6;1-4(2)3/h1-5H,10H3;1-3H3. The highest BCUT2D eigenvalue weighted by molar-refractivity contribution is 5.99. The fourth-order valence-electron chi connectivity index (χ4n) is 0.682. The summed E-state index contributed by atoms with van der Waals surface area (Å²) in [5.41, 5.74) is 0.683. The Morgan fingerprint density at radius 2 is 1.64 bits per heavy atom. The van der Waals surface area contributed by atoms with E-state index in [4.69, 9.17) is 4.43 Å². The molecule has 0 aromatic heterocycles. The van der Waals surface area contributed by atoms with Gasteiger partial charge in [0.25, 0.3) is 0 Å². The van der Waals surface area contributed by atoms with Crippen LogP contribution in [0.15, 0.2) is 24.3 Å². The second kappa shape index (κ2) is 7.29. The van der Waals surface area contributed by atoms with Crippen molar-refractivity contribution in [2.75, 3.05) is 21.1 Å². The molecule has 0 bridgehead atoms. The number of hydrogen-bond acceptors (Lipinski definition) is 3. The molecule has 0 aliphatic rings. The van der Waals surface area contributed by atoms with Gasteiger partial charge in [0.05, 0.1) is 0 Å². The average molecular weight is 211 g/mol. The zero-order valence-electron chi connectivity index (χ0n) is 9.15. The Morgan fingerprint density at radius 1 is 1.21 bits per heavy atom. The average Bonchev–Trinajstić information content (AvgIpc) is 2.17. The van der Waals surface area contributed by atoms with E-state index in [9.17, 15) is 4.79 Å². The quantitative estimate of drug-likeness (QED) is 0.522. The molecule has 0 atom stereocenters. The minimum Gasteiger partial charge on any atom is -0.553 e. The molecule has 1 aromatic rings. The molecule has 1 rings (SSSR count). The first kappa shape index (κ1) is 12.9. The topological polar surface area (TPSA) is 29.5 Å². The van der Waals surface area contributed by atoms with E-state index >= 15 is 0 Å². The Labute approximate surface area is 88.2 Å². The number of benzene rings is 1. The Hall–Kier alpha value is -1.13. The minimum atomic E-state index is 0.683. The first-order valence-electron chi connectivity index (χ1n) is 4.30. The summed E-state index contributed by atoms with van der Waals surface area (Å²) in [6, 6.07) is 7.05. The van der Waals surface area contributed by atoms with Crippen molar-refractivity contribution >= 4 is 16.8 Å². The van der Waals surface area contributed by atoms with Gasteiger partial charge in [-0.2, -0.15) is 0 Å². The third-order valence-corrected chi connectivity index (χ3v) is 1.72. The lowest BCUT2D eigenvalue weighted by Crippen LogP contribution is -1.99. The van der Waals surface area contributed by atoms with Crippen molar-refractivity contribution in [3.63, 3.8) is 0 Å². The van der Waals surface area contributed by atoms with E-state index in [2.05, 4.69) is 0 Å². The van der Waals surface area contributed by atoms with Gasteiger partial charge in [-0.05, 0) is 45.4 Å². The van der Waals surface area contributed by atoms with Crippen molar-refractivity contribution in [1.82, 2.24) is 4.90 Å². The maximum absolute atomic E-state index is 10.2. The molecule has 0 fully saturated rings. The van der Waals surface area contributed by atoms with Crippen LogP contribution < -0.4 is 4.43 Å². The van der Waals surface area contributed by atoms with Crippen LogP contribution in [-0.2, 0) is 0 Å². The van der Waals surface area contributed by atoms with Gasteiger partial charge >= 0.3 is 0 Å². The van der Waals surface area contributed by atoms with Crippen LogP contribution in [0.25, 0.3) is 0 Å². The molecule has 14 heavy (non-hydrogen) atoms. The second-order valence-electron chi connectivity index (χ2n) is 3.23. The normalized spacial score (nSPS) is 9.14. The van der Waals surface area contributed by atoms with Crippen LogP contribution in [-0.4, -0.2) is 42.8 Å². The summed E-state index contributed by atoms with van der Waals surface area (Å²) < 4.78 is 5.04. The van der Waals surface area contributed by atoms with Crippen LogP contribution in [0, 0.1) is 0 Å². The summed E-state index contributed by atoms with van der Waals surface area (Å²) in [5.74, 6) is 0.831. The van der Waals surface area contributed by atoms with Gasteiger partial charge in [-0.1, -0.05) is 0 Å². The molecule has 0 radical (unpaired) electrons. The number of carbonyl (C=O) groups is 1. The van der Waals surface area contributed by atoms with Crippen molar-refractivity contribution in [2.45, 2.75) is 0 Å². The molecule has 3 nitrogen and oxygen atoms in total. The maximum atomic E-state index is 10.2. The van der Waals surface area contributed by atoms with E-state index in [0.29, 0.717) is 16.0 Å². The van der Waals surface area contributed by atoms with Crippen LogP contribution in [0.4, 0.5) is 0 Å². The van der Waals surface area contributed by atoms with E-state index in [1.807, 2.05) is 26.0 Å². The molecule has 4 heteroatoms. The van der Waals surface area contributed by atoms with Crippen molar-refractivity contribution in [2.24, 2.45) is 0 Å². The summed E-state index contributed by atoms with van der Waals surface area (Å²) in [7, 11) is 6.69. The molecule has 1 aromatic carbocycles. The molecule has 0 saturated carbocycles. The molecule has 78 valence electrons. The number of nitrogens with zero attached hydrogens (tertiary/aromatic N) is 1. The molecule has 0 aliphatic carbocycles. The van der Waals surface area contributed by atoms with Crippen LogP contribution in [0.1, 0.15) is 10.4 Å². The lowest BCUT2D eigenvalue weighted by molar-refractivity contribution is 0.112. The van der Waals surface area contributed by atoms with Gasteiger partial charge in [-0.15, -0.1) is 0 Å². The maximum Gasteiger partial charge on any atom is 0.204 e. The highest BCUT2D eigenvalue weighted by atomic mass is 28.2. The summed E-state index contributed by atoms with van der Waals surface area (Å²) in [5, 5.41) is 0. The van der Waals surface area contributed by atoms with E-state index in [-0.39, 0.29) is 0 Å². The SMILES string of the molecule is CN(C)C.O=Cc1ccc(O[SiH3])cc1. The summed E-state index contributed by atoms with van der Waals surface area (Å²) in [6.07, 6.45) is 0.816. The van der Waals surface area contributed by atoms with E-state index in [1.54, 1.807) is 24.3 Å². The van der Waals surface area contributed by atoms with Gasteiger partial charge in [0, 0.05) is 5.56 Å². The lowest BCUT2D eigenvalue weighted by Gasteiger charge is -1.97. The van der Waals surface area contributed by atoms with Crippen LogP contribution in [0.5, 0.6) is 5.75 Å². The van der Waals surface area contributed by atoms with Crippen molar-refractivity contribution in [3.8, 4) is 5.75 Å². The van der Waals surface area contributed by atoms with Crippen molar-refractivity contribution in [3.05, 3.63) is 29.8 Å². The smallest absolute Gasteiger partial charge is 0.204 e. The predicted octanol–water partition coefficient (Wildman–Crippen LogP) is 0.336. The molecular formula is C10H17NO2Si. The van der Waals surface area contributed by atoms with E-state index in [0.717, 1.165) is 12.0 Å². The van der Waals surface area contributed by atoms with Gasteiger partial charge in [-0.3, -0.25) is 4.79 Å². The number of aldehydes is 1. The van der Waals surface area contributed by atoms with Gasteiger partial charge in [-0.25, -0.2) is 0 Å². The summed E-state index contributed by atoms with van der Waals surface area (Å²) in [6.45, 7) is 0. The molecular weight excluding hydrogens is 194 g/mol. The monoisotopic (exact) mass is 211 g/mol. The first-order valence-corrected chi connectivity index (χ1v) is 5.12. The fraction of sp³-hybridized carbons (Fsp3) is 0.300. The second-order valence-corrected chi connectivity index (χ2v) is 3.64. The Balaban J connectivity index is 0.000000364. The molecule has 0 heterocycles. The number of hydrogen-bond donors (Lipinski definition) is 0. The fourth-order valence-corrected chi connectivity index (χ4v) is 0.955. The Kier molecular flexibility index (Phi) is 6.70. The molecule has 0 aliphatic heterocycles. The Bertz CT molecular complexity index is 257. The first-order chi connectivity index (χ1) is 6.60. The van der Waals surface area contributed by atoms with Crippen molar-refractivity contribution in [1.29, 1.82) is 0 Å². The van der Waals surface area contributed by atoms with Gasteiger partial charge in [0.2, 0.25) is 10.5 Å². The molecule has 0 saturated heterocycles. The van der Waals surface area contributed by atoms with Gasteiger partial charge < -0.3 is 9.33 Å². The highest BCUT2D eigenvalue weighted by Gasteiger charge is 1.89. The minimum absolute atomic E-state index is 0.683. The largest absolute Gasteiger partial charge is 0.553 e. The molecule has 0 N–H and O–H groups in total. The lowest BCUT2D eigenvalue weighted by atomic mass is 10.2. The third kappa shape index (κ3) is 6.39. The zero-order chi connectivity index (χ0) is 11.0. The van der Waals surface area contributed by atoms with Gasteiger partial charge in [0.1, 0.15) is 12.0 Å². The van der Waals surface area contributed by atoms with Crippen molar-refractivity contribution < 1.29 is 9.22 Å². The third-order valence-electron chi connectivity index (χ3n) is 1.25. The zero-order valence-corrected chi connectivity index (χ0v) is 11.2. The summed E-state index contributed by atoms with van der Waals surface area (Å²) in [4.78, 5) is 12.2. The molecule has 0 unspecified atom stereocenters. The number of rotatable bonds is 2. The van der Waals surface area contributed by atoms with Crippen LogP contribution in [0.2, 0.25) is 0 Å². The van der Waals surface area contributed by atoms with E-state index < -0.39 is 0 Å². The van der Waals surface area contributed by atoms with E-state index in [1.165, 1.54) is 0 Å². The highest BCUT2D eigenvalue weighted by Crippen LogP contribution is 2.08. The summed E-state index contributed by atoms with van der Waals surface area (Å²) >= 11 is 0. The van der Waals surface area contributed by atoms with Crippen LogP contribution >= 0.6 is 0 Å². The Morgan fingerprint density at radius 3 is 1.93 bits per heavy atom. The number of carbonyl (C=O) groups excluding carboxylic acids is 1. The molecule has 0 amide bonds. The predicted molar refractivity (Wildman–Crippen MR) is 62.0 cm³/mol.